The normalized spacial score (nSPS) is 12.4. The predicted molar refractivity (Wildman–Crippen MR) is 85.8 cm³/mol. The molecule has 0 aliphatic rings. The molecule has 0 saturated carbocycles. The van der Waals surface area contributed by atoms with E-state index in [1.165, 1.54) is 0 Å². The number of hydrogen-bond acceptors (Lipinski definition) is 5. The van der Waals surface area contributed by atoms with E-state index in [-0.39, 0.29) is 6.04 Å². The average molecular weight is 362 g/mol. The lowest BCUT2D eigenvalue weighted by molar-refractivity contribution is 0.0179. The summed E-state index contributed by atoms with van der Waals surface area (Å²) in [4.78, 5) is 0. The Kier molecular flexibility index (Phi) is 9.62. The van der Waals surface area contributed by atoms with Crippen molar-refractivity contribution in [1.82, 2.24) is 0 Å². The second-order valence-corrected chi connectivity index (χ2v) is 5.40. The number of hydrogen-bond donors (Lipinski definition) is 1. The molecule has 1 atom stereocenters. The number of benzene rings is 1. The molecule has 1 aromatic carbocycles. The van der Waals surface area contributed by atoms with E-state index in [4.69, 9.17) is 24.7 Å². The first-order valence-electron chi connectivity index (χ1n) is 6.97. The largest absolute Gasteiger partial charge is 0.490 e. The van der Waals surface area contributed by atoms with Gasteiger partial charge in [-0.3, -0.25) is 0 Å². The molecule has 1 rings (SSSR count). The van der Waals surface area contributed by atoms with E-state index in [1.807, 2.05) is 25.1 Å². The topological polar surface area (TPSA) is 62.9 Å². The number of halogens is 1. The van der Waals surface area contributed by atoms with Gasteiger partial charge < -0.3 is 24.7 Å². The van der Waals surface area contributed by atoms with Crippen LogP contribution < -0.4 is 10.5 Å². The predicted octanol–water partition coefficient (Wildman–Crippen LogP) is 2.53. The van der Waals surface area contributed by atoms with Crippen molar-refractivity contribution in [2.45, 2.75) is 13.0 Å². The van der Waals surface area contributed by atoms with Gasteiger partial charge in [0.1, 0.15) is 12.4 Å². The summed E-state index contributed by atoms with van der Waals surface area (Å²) in [5, 5.41) is 0. The summed E-state index contributed by atoms with van der Waals surface area (Å²) in [6.07, 6.45) is 0. The molecule has 0 unspecified atom stereocenters. The Hall–Kier alpha value is -0.660. The third-order valence-corrected chi connectivity index (χ3v) is 3.39. The Labute approximate surface area is 134 Å². The highest BCUT2D eigenvalue weighted by Gasteiger charge is 2.05. The van der Waals surface area contributed by atoms with Crippen LogP contribution in [0.2, 0.25) is 0 Å². The van der Waals surface area contributed by atoms with Crippen LogP contribution in [0.3, 0.4) is 0 Å². The van der Waals surface area contributed by atoms with Crippen molar-refractivity contribution < 1.29 is 18.9 Å². The van der Waals surface area contributed by atoms with Crippen LogP contribution in [0.25, 0.3) is 0 Å². The van der Waals surface area contributed by atoms with Crippen molar-refractivity contribution in [2.24, 2.45) is 5.73 Å². The number of rotatable bonds is 11. The van der Waals surface area contributed by atoms with Crippen molar-refractivity contribution >= 4 is 15.9 Å². The molecule has 0 spiro atoms. The maximum absolute atomic E-state index is 5.83. The fraction of sp³-hybridized carbons (Fsp3) is 0.600. The minimum atomic E-state index is 0.0109. The Morgan fingerprint density at radius 2 is 1.67 bits per heavy atom. The van der Waals surface area contributed by atoms with E-state index in [9.17, 15) is 0 Å². The van der Waals surface area contributed by atoms with Gasteiger partial charge in [0.25, 0.3) is 0 Å². The van der Waals surface area contributed by atoms with Gasteiger partial charge in [0.15, 0.2) is 0 Å². The van der Waals surface area contributed by atoms with Crippen molar-refractivity contribution in [3.05, 3.63) is 28.2 Å². The Bertz CT molecular complexity index is 401. The molecule has 0 fully saturated rings. The van der Waals surface area contributed by atoms with Crippen molar-refractivity contribution in [2.75, 3.05) is 46.8 Å². The average Bonchev–Trinajstić information content (AvgIpc) is 2.46. The van der Waals surface area contributed by atoms with Crippen LogP contribution in [-0.4, -0.2) is 46.8 Å². The van der Waals surface area contributed by atoms with Gasteiger partial charge in [-0.2, -0.15) is 0 Å². The van der Waals surface area contributed by atoms with E-state index in [0.29, 0.717) is 39.6 Å². The molecular weight excluding hydrogens is 338 g/mol. The molecule has 6 heteroatoms. The first kappa shape index (κ1) is 18.4. The number of nitrogens with two attached hydrogens (primary N) is 1. The van der Waals surface area contributed by atoms with E-state index < -0.39 is 0 Å². The van der Waals surface area contributed by atoms with Gasteiger partial charge in [-0.15, -0.1) is 0 Å². The van der Waals surface area contributed by atoms with Gasteiger partial charge in [0.05, 0.1) is 37.5 Å². The first-order valence-corrected chi connectivity index (χ1v) is 7.76. The van der Waals surface area contributed by atoms with Crippen LogP contribution in [0.1, 0.15) is 18.5 Å². The summed E-state index contributed by atoms with van der Waals surface area (Å²) in [5.41, 5.74) is 6.90. The molecule has 120 valence electrons. The van der Waals surface area contributed by atoms with Crippen molar-refractivity contribution in [3.8, 4) is 5.75 Å². The third kappa shape index (κ3) is 7.78. The van der Waals surface area contributed by atoms with Crippen molar-refractivity contribution in [1.29, 1.82) is 0 Å². The van der Waals surface area contributed by atoms with Gasteiger partial charge in [-0.05, 0) is 40.5 Å². The minimum Gasteiger partial charge on any atom is -0.490 e. The van der Waals surface area contributed by atoms with Crippen LogP contribution in [-0.2, 0) is 14.2 Å². The van der Waals surface area contributed by atoms with E-state index in [1.54, 1.807) is 7.11 Å². The van der Waals surface area contributed by atoms with Gasteiger partial charge >= 0.3 is 0 Å². The van der Waals surface area contributed by atoms with Crippen LogP contribution >= 0.6 is 15.9 Å². The monoisotopic (exact) mass is 361 g/mol. The summed E-state index contributed by atoms with van der Waals surface area (Å²) < 4.78 is 22.1. The van der Waals surface area contributed by atoms with Crippen LogP contribution in [0, 0.1) is 0 Å². The van der Waals surface area contributed by atoms with Crippen molar-refractivity contribution in [3.63, 3.8) is 0 Å². The molecule has 0 bridgehead atoms. The molecule has 0 saturated heterocycles. The Balaban J connectivity index is 2.13. The first-order chi connectivity index (χ1) is 10.1. The van der Waals surface area contributed by atoms with Crippen LogP contribution in [0.15, 0.2) is 22.7 Å². The van der Waals surface area contributed by atoms with Gasteiger partial charge in [-0.25, -0.2) is 0 Å². The number of ether oxygens (including phenoxy) is 4. The highest BCUT2D eigenvalue weighted by Crippen LogP contribution is 2.27. The summed E-state index contributed by atoms with van der Waals surface area (Å²) in [5.74, 6) is 0.791. The maximum atomic E-state index is 5.83. The van der Waals surface area contributed by atoms with E-state index >= 15 is 0 Å². The van der Waals surface area contributed by atoms with E-state index in [2.05, 4.69) is 15.9 Å². The van der Waals surface area contributed by atoms with E-state index in [0.717, 1.165) is 15.8 Å². The highest BCUT2D eigenvalue weighted by atomic mass is 79.9. The fourth-order valence-electron chi connectivity index (χ4n) is 1.59. The SMILES string of the molecule is COCCOCCOCCOc1ccc([C@H](C)N)cc1Br. The fourth-order valence-corrected chi connectivity index (χ4v) is 2.10. The quantitative estimate of drug-likeness (QED) is 0.613. The summed E-state index contributed by atoms with van der Waals surface area (Å²) in [7, 11) is 1.65. The Morgan fingerprint density at radius 3 is 2.24 bits per heavy atom. The van der Waals surface area contributed by atoms with Gasteiger partial charge in [0.2, 0.25) is 0 Å². The smallest absolute Gasteiger partial charge is 0.133 e. The molecule has 0 aromatic heterocycles. The molecular formula is C15H24BrNO4. The van der Waals surface area contributed by atoms with Crippen LogP contribution in [0.5, 0.6) is 5.75 Å². The summed E-state index contributed by atoms with van der Waals surface area (Å²) >= 11 is 3.48. The lowest BCUT2D eigenvalue weighted by Crippen LogP contribution is -2.12. The second-order valence-electron chi connectivity index (χ2n) is 4.54. The molecule has 1 aromatic rings. The molecule has 21 heavy (non-hydrogen) atoms. The standard InChI is InChI=1S/C15H24BrNO4/c1-12(17)13-3-4-15(14(16)11-13)21-10-9-20-8-7-19-6-5-18-2/h3-4,11-12H,5-10,17H2,1-2H3/t12-/m0/s1. The molecule has 2 N–H and O–H groups in total. The Morgan fingerprint density at radius 1 is 1.05 bits per heavy atom. The number of methoxy groups -OCH3 is 1. The second kappa shape index (κ2) is 11.0. The zero-order valence-electron chi connectivity index (χ0n) is 12.6. The summed E-state index contributed by atoms with van der Waals surface area (Å²) in [6, 6.07) is 5.87. The van der Waals surface area contributed by atoms with Gasteiger partial charge in [0, 0.05) is 13.2 Å². The highest BCUT2D eigenvalue weighted by molar-refractivity contribution is 9.10. The van der Waals surface area contributed by atoms with Gasteiger partial charge in [-0.1, -0.05) is 6.07 Å². The zero-order valence-corrected chi connectivity index (χ0v) is 14.2. The van der Waals surface area contributed by atoms with Crippen LogP contribution in [0.4, 0.5) is 0 Å². The lowest BCUT2D eigenvalue weighted by atomic mass is 10.1. The summed E-state index contributed by atoms with van der Waals surface area (Å²) in [6.45, 7) is 5.28. The molecule has 0 radical (unpaired) electrons. The molecule has 0 aliphatic carbocycles. The molecule has 0 aliphatic heterocycles. The zero-order chi connectivity index (χ0) is 15.5. The maximum Gasteiger partial charge on any atom is 0.133 e. The lowest BCUT2D eigenvalue weighted by Gasteiger charge is -2.11. The third-order valence-electron chi connectivity index (χ3n) is 2.77. The molecule has 0 amide bonds. The minimum absolute atomic E-state index is 0.0109. The molecule has 0 heterocycles. The molecule has 5 nitrogen and oxygen atoms in total.